The van der Waals surface area contributed by atoms with Crippen molar-refractivity contribution in [2.45, 2.75) is 57.8 Å². The van der Waals surface area contributed by atoms with Crippen molar-refractivity contribution in [2.75, 3.05) is 13.2 Å². The number of halogens is 5. The van der Waals surface area contributed by atoms with Crippen LogP contribution in [0.5, 0.6) is 5.75 Å². The highest BCUT2D eigenvalue weighted by Gasteiger charge is 2.37. The van der Waals surface area contributed by atoms with Crippen LogP contribution in [-0.2, 0) is 37.0 Å². The number of carboxylic acids is 1. The number of hydrogen-bond donors (Lipinski definition) is 1. The van der Waals surface area contributed by atoms with Crippen molar-refractivity contribution in [3.8, 4) is 5.75 Å². The van der Waals surface area contributed by atoms with Gasteiger partial charge in [-0.05, 0) is 73.4 Å². The Morgan fingerprint density at radius 3 is 2.63 bits per heavy atom. The van der Waals surface area contributed by atoms with Crippen molar-refractivity contribution >= 4 is 40.2 Å². The second kappa shape index (κ2) is 11.6. The van der Waals surface area contributed by atoms with Gasteiger partial charge in [-0.25, -0.2) is 9.78 Å². The molecule has 0 saturated carbocycles. The molecule has 7 nitrogen and oxygen atoms in total. The number of carbonyl (C=O) groups is 1. The molecule has 0 aliphatic carbocycles. The normalized spacial score (nSPS) is 18.8. The van der Waals surface area contributed by atoms with E-state index in [1.165, 1.54) is 24.3 Å². The molecule has 0 bridgehead atoms. The van der Waals surface area contributed by atoms with Gasteiger partial charge in [0.25, 0.3) is 0 Å². The van der Waals surface area contributed by atoms with E-state index in [-0.39, 0.29) is 30.1 Å². The largest absolute Gasteiger partial charge is 0.488 e. The summed E-state index contributed by atoms with van der Waals surface area (Å²) in [5.41, 5.74) is 2.62. The third kappa shape index (κ3) is 6.06. The van der Waals surface area contributed by atoms with Gasteiger partial charge in [-0.2, -0.15) is 13.2 Å². The number of alkyl halides is 3. The van der Waals surface area contributed by atoms with Crippen molar-refractivity contribution < 1.29 is 32.5 Å². The molecule has 0 radical (unpaired) electrons. The summed E-state index contributed by atoms with van der Waals surface area (Å²) in [6.45, 7) is 3.96. The fourth-order valence-electron chi connectivity index (χ4n) is 5.70. The number of hydrogen-bond acceptors (Lipinski definition) is 5. The number of imidazole rings is 1. The molecule has 3 heterocycles. The van der Waals surface area contributed by atoms with Gasteiger partial charge in [0, 0.05) is 34.8 Å². The summed E-state index contributed by atoms with van der Waals surface area (Å²) in [6.07, 6.45) is -3.27. The standard InChI is InChI=1S/C31H28Cl2F3N3O4/c1-17-23-13-28(43-16-20-2-4-21(32)12-25(20)33)24(31(34,35)36)10-18(23)6-8-38(17)15-29-37-26-5-3-19(30(40)41)11-27(26)39(29)14-22-7-9-42-22/h2-5,10-13,17,22H,6-9,14-16H2,1H3,(H,40,41)/t17-,22-/m0/s1. The van der Waals surface area contributed by atoms with E-state index in [0.29, 0.717) is 64.9 Å². The first-order valence-electron chi connectivity index (χ1n) is 13.9. The zero-order valence-electron chi connectivity index (χ0n) is 23.1. The van der Waals surface area contributed by atoms with Crippen LogP contribution in [0.1, 0.15) is 57.8 Å². The van der Waals surface area contributed by atoms with Crippen LogP contribution < -0.4 is 4.74 Å². The third-order valence-electron chi connectivity index (χ3n) is 8.21. The second-order valence-electron chi connectivity index (χ2n) is 10.9. The van der Waals surface area contributed by atoms with E-state index in [4.69, 9.17) is 37.7 Å². The average molecular weight is 634 g/mol. The SMILES string of the molecule is C[C@H]1c2cc(OCc3ccc(Cl)cc3Cl)c(C(F)(F)F)cc2CCN1Cc1nc2ccc(C(=O)O)cc2n1C[C@@H]1CCO1. The van der Waals surface area contributed by atoms with Gasteiger partial charge in [-0.3, -0.25) is 4.90 Å². The number of ether oxygens (including phenoxy) is 2. The van der Waals surface area contributed by atoms with E-state index in [2.05, 4.69) is 4.90 Å². The zero-order chi connectivity index (χ0) is 30.5. The van der Waals surface area contributed by atoms with Gasteiger partial charge in [0.1, 0.15) is 18.2 Å². The van der Waals surface area contributed by atoms with Gasteiger partial charge in [-0.15, -0.1) is 0 Å². The van der Waals surface area contributed by atoms with Crippen molar-refractivity contribution in [1.29, 1.82) is 0 Å². The monoisotopic (exact) mass is 633 g/mol. The van der Waals surface area contributed by atoms with Gasteiger partial charge in [0.15, 0.2) is 0 Å². The number of rotatable bonds is 8. The van der Waals surface area contributed by atoms with Crippen LogP contribution in [0, 0.1) is 0 Å². The minimum atomic E-state index is -4.60. The first-order valence-corrected chi connectivity index (χ1v) is 14.6. The van der Waals surface area contributed by atoms with Crippen molar-refractivity contribution in [1.82, 2.24) is 14.5 Å². The van der Waals surface area contributed by atoms with Gasteiger partial charge in [-0.1, -0.05) is 29.3 Å². The Bertz CT molecular complexity index is 1700. The van der Waals surface area contributed by atoms with E-state index < -0.39 is 17.7 Å². The highest BCUT2D eigenvalue weighted by Crippen LogP contribution is 2.42. The molecule has 226 valence electrons. The van der Waals surface area contributed by atoms with Crippen molar-refractivity contribution in [2.24, 2.45) is 0 Å². The summed E-state index contributed by atoms with van der Waals surface area (Å²) in [7, 11) is 0. The Morgan fingerprint density at radius 1 is 1.16 bits per heavy atom. The Labute approximate surface area is 255 Å². The molecule has 12 heteroatoms. The lowest BCUT2D eigenvalue weighted by molar-refractivity contribution is -0.139. The molecular formula is C31H28Cl2F3N3O4. The van der Waals surface area contributed by atoms with Crippen molar-refractivity contribution in [3.05, 3.63) is 92.2 Å². The Kier molecular flexibility index (Phi) is 8.06. The molecule has 0 spiro atoms. The van der Waals surface area contributed by atoms with Crippen LogP contribution in [0.2, 0.25) is 10.0 Å². The molecule has 43 heavy (non-hydrogen) atoms. The molecule has 1 saturated heterocycles. The number of nitrogens with zero attached hydrogens (tertiary/aromatic N) is 3. The molecule has 6 rings (SSSR count). The Morgan fingerprint density at radius 2 is 1.95 bits per heavy atom. The summed E-state index contributed by atoms with van der Waals surface area (Å²) in [6, 6.07) is 12.0. The molecule has 2 aliphatic heterocycles. The highest BCUT2D eigenvalue weighted by atomic mass is 35.5. The molecule has 0 unspecified atom stereocenters. The minimum absolute atomic E-state index is 0.0128. The van der Waals surface area contributed by atoms with Gasteiger partial charge < -0.3 is 19.1 Å². The first kappa shape index (κ1) is 29.7. The van der Waals surface area contributed by atoms with Crippen LogP contribution in [0.3, 0.4) is 0 Å². The number of fused-ring (bicyclic) bond motifs is 2. The van der Waals surface area contributed by atoms with Gasteiger partial charge >= 0.3 is 12.1 Å². The average Bonchev–Trinajstić information content (AvgIpc) is 3.27. The molecule has 3 aromatic carbocycles. The second-order valence-corrected chi connectivity index (χ2v) is 11.7. The fraction of sp³-hybridized carbons (Fsp3) is 0.355. The van der Waals surface area contributed by atoms with E-state index >= 15 is 0 Å². The molecule has 1 fully saturated rings. The summed E-state index contributed by atoms with van der Waals surface area (Å²) in [5.74, 6) is -0.544. The predicted octanol–water partition coefficient (Wildman–Crippen LogP) is 7.55. The Hall–Kier alpha value is -3.31. The molecule has 1 aromatic heterocycles. The van der Waals surface area contributed by atoms with Crippen LogP contribution in [0.15, 0.2) is 48.5 Å². The van der Waals surface area contributed by atoms with Crippen molar-refractivity contribution in [3.63, 3.8) is 0 Å². The first-order chi connectivity index (χ1) is 20.5. The molecule has 1 N–H and O–H groups in total. The van der Waals surface area contributed by atoms with Gasteiger partial charge in [0.2, 0.25) is 0 Å². The maximum atomic E-state index is 14.1. The molecule has 2 atom stereocenters. The summed E-state index contributed by atoms with van der Waals surface area (Å²) >= 11 is 12.2. The lowest BCUT2D eigenvalue weighted by Gasteiger charge is -2.36. The molecule has 2 aliphatic rings. The summed E-state index contributed by atoms with van der Waals surface area (Å²) in [4.78, 5) is 18.6. The van der Waals surface area contributed by atoms with Gasteiger partial charge in [0.05, 0.1) is 41.4 Å². The summed E-state index contributed by atoms with van der Waals surface area (Å²) in [5, 5.41) is 10.3. The number of aromatic nitrogens is 2. The van der Waals surface area contributed by atoms with E-state index in [1.54, 1.807) is 24.3 Å². The highest BCUT2D eigenvalue weighted by molar-refractivity contribution is 6.35. The molecular weight excluding hydrogens is 606 g/mol. The predicted molar refractivity (Wildman–Crippen MR) is 156 cm³/mol. The maximum absolute atomic E-state index is 14.1. The van der Waals surface area contributed by atoms with Crippen LogP contribution in [-0.4, -0.2) is 44.8 Å². The minimum Gasteiger partial charge on any atom is -0.488 e. The fourth-order valence-corrected chi connectivity index (χ4v) is 6.16. The molecule has 4 aromatic rings. The smallest absolute Gasteiger partial charge is 0.419 e. The molecule has 0 amide bonds. The lowest BCUT2D eigenvalue weighted by Crippen LogP contribution is -2.36. The maximum Gasteiger partial charge on any atom is 0.419 e. The number of carboxylic acid groups (broad SMARTS) is 1. The zero-order valence-corrected chi connectivity index (χ0v) is 24.6. The quantitative estimate of drug-likeness (QED) is 0.216. The van der Waals surface area contributed by atoms with E-state index in [1.807, 2.05) is 11.5 Å². The van der Waals surface area contributed by atoms with Crippen LogP contribution >= 0.6 is 23.2 Å². The lowest BCUT2D eigenvalue weighted by atomic mass is 9.91. The van der Waals surface area contributed by atoms with Crippen LogP contribution in [0.4, 0.5) is 13.2 Å². The number of benzene rings is 3. The van der Waals surface area contributed by atoms with Crippen LogP contribution in [0.25, 0.3) is 11.0 Å². The number of aromatic carboxylic acids is 1. The Balaban J connectivity index is 1.31. The summed E-state index contributed by atoms with van der Waals surface area (Å²) < 4.78 is 55.7. The van der Waals surface area contributed by atoms with E-state index in [0.717, 1.165) is 17.8 Å². The third-order valence-corrected chi connectivity index (χ3v) is 8.80. The topological polar surface area (TPSA) is 76.8 Å². The van der Waals surface area contributed by atoms with E-state index in [9.17, 15) is 23.1 Å².